The largest absolute Gasteiger partial charge is 0.480 e. The first kappa shape index (κ1) is 9.21. The highest BCUT2D eigenvalue weighted by Crippen LogP contribution is 2.24. The molecule has 1 saturated heterocycles. The summed E-state index contributed by atoms with van der Waals surface area (Å²) in [5.74, 6) is 1.40. The Bertz CT molecular complexity index is 315. The molecule has 0 amide bonds. The van der Waals surface area contributed by atoms with Crippen molar-refractivity contribution >= 4 is 5.82 Å². The second kappa shape index (κ2) is 3.79. The van der Waals surface area contributed by atoms with Crippen LogP contribution in [-0.4, -0.2) is 36.2 Å². The smallest absolute Gasteiger partial charge is 0.233 e. The van der Waals surface area contributed by atoms with Crippen molar-refractivity contribution in [3.63, 3.8) is 0 Å². The third-order valence-corrected chi connectivity index (χ3v) is 2.52. The fourth-order valence-corrected chi connectivity index (χ4v) is 1.56. The van der Waals surface area contributed by atoms with Crippen molar-refractivity contribution in [1.82, 2.24) is 9.97 Å². The molecule has 5 heteroatoms. The van der Waals surface area contributed by atoms with Crippen LogP contribution in [0.4, 0.5) is 5.82 Å². The molecule has 1 aromatic heterocycles. The van der Waals surface area contributed by atoms with Crippen molar-refractivity contribution in [1.29, 1.82) is 0 Å². The number of hydrogen-bond acceptors (Lipinski definition) is 5. The molecule has 2 heterocycles. The maximum absolute atomic E-state index is 5.61. The van der Waals surface area contributed by atoms with Crippen LogP contribution in [0.3, 0.4) is 0 Å². The number of ether oxygens (including phenoxy) is 1. The molecule has 1 aromatic rings. The van der Waals surface area contributed by atoms with E-state index in [0.717, 1.165) is 18.8 Å². The third kappa shape index (κ3) is 1.50. The summed E-state index contributed by atoms with van der Waals surface area (Å²) in [5, 5.41) is 0. The second-order valence-electron chi connectivity index (χ2n) is 3.29. The van der Waals surface area contributed by atoms with Crippen LogP contribution < -0.4 is 15.4 Å². The lowest BCUT2D eigenvalue weighted by Crippen LogP contribution is -2.52. The zero-order valence-corrected chi connectivity index (χ0v) is 8.18. The number of rotatable bonds is 3. The molecule has 1 fully saturated rings. The summed E-state index contributed by atoms with van der Waals surface area (Å²) < 4.78 is 5.01. The van der Waals surface area contributed by atoms with Gasteiger partial charge >= 0.3 is 0 Å². The van der Waals surface area contributed by atoms with E-state index >= 15 is 0 Å². The first-order valence-corrected chi connectivity index (χ1v) is 4.68. The van der Waals surface area contributed by atoms with E-state index in [1.165, 1.54) is 0 Å². The van der Waals surface area contributed by atoms with Gasteiger partial charge in [0.2, 0.25) is 5.88 Å². The summed E-state index contributed by atoms with van der Waals surface area (Å²) >= 11 is 0. The summed E-state index contributed by atoms with van der Waals surface area (Å²) in [5.41, 5.74) is 5.61. The normalized spacial score (nSPS) is 20.4. The van der Waals surface area contributed by atoms with Crippen LogP contribution in [0, 0.1) is 0 Å². The predicted molar refractivity (Wildman–Crippen MR) is 53.4 cm³/mol. The molecule has 0 spiro atoms. The molecule has 0 saturated carbocycles. The highest BCUT2D eigenvalue weighted by Gasteiger charge is 2.27. The molecule has 2 N–H and O–H groups in total. The van der Waals surface area contributed by atoms with Gasteiger partial charge in [-0.25, -0.2) is 0 Å². The quantitative estimate of drug-likeness (QED) is 0.735. The maximum atomic E-state index is 5.61. The van der Waals surface area contributed by atoms with E-state index in [4.69, 9.17) is 10.5 Å². The number of aromatic nitrogens is 2. The van der Waals surface area contributed by atoms with Crippen LogP contribution >= 0.6 is 0 Å². The highest BCUT2D eigenvalue weighted by atomic mass is 16.5. The molecule has 1 unspecified atom stereocenters. The van der Waals surface area contributed by atoms with Gasteiger partial charge in [-0.15, -0.1) is 0 Å². The Morgan fingerprint density at radius 3 is 3.07 bits per heavy atom. The molecule has 76 valence electrons. The van der Waals surface area contributed by atoms with Gasteiger partial charge in [0.15, 0.2) is 5.82 Å². The van der Waals surface area contributed by atoms with E-state index in [2.05, 4.69) is 14.9 Å². The first-order valence-electron chi connectivity index (χ1n) is 4.68. The SMILES string of the molecule is COc1cncc(N2CCC2CN)n1. The van der Waals surface area contributed by atoms with Gasteiger partial charge in [-0.05, 0) is 6.42 Å². The van der Waals surface area contributed by atoms with Gasteiger partial charge in [-0.3, -0.25) is 4.98 Å². The third-order valence-electron chi connectivity index (χ3n) is 2.52. The summed E-state index contributed by atoms with van der Waals surface area (Å²) in [7, 11) is 1.59. The van der Waals surface area contributed by atoms with Crippen LogP contribution in [0.1, 0.15) is 6.42 Å². The van der Waals surface area contributed by atoms with Gasteiger partial charge in [0.05, 0.1) is 19.5 Å². The molecule has 1 atom stereocenters. The second-order valence-corrected chi connectivity index (χ2v) is 3.29. The van der Waals surface area contributed by atoms with Crippen LogP contribution in [-0.2, 0) is 0 Å². The Morgan fingerprint density at radius 1 is 1.64 bits per heavy atom. The van der Waals surface area contributed by atoms with E-state index in [1.54, 1.807) is 19.5 Å². The Hall–Kier alpha value is -1.36. The minimum Gasteiger partial charge on any atom is -0.480 e. The minimum atomic E-state index is 0.413. The Morgan fingerprint density at radius 2 is 2.50 bits per heavy atom. The van der Waals surface area contributed by atoms with Crippen LogP contribution in [0.2, 0.25) is 0 Å². The van der Waals surface area contributed by atoms with Gasteiger partial charge in [0.25, 0.3) is 0 Å². The molecule has 0 radical (unpaired) electrons. The fourth-order valence-electron chi connectivity index (χ4n) is 1.56. The minimum absolute atomic E-state index is 0.413. The number of nitrogens with zero attached hydrogens (tertiary/aromatic N) is 3. The van der Waals surface area contributed by atoms with Crippen molar-refractivity contribution in [2.75, 3.05) is 25.1 Å². The summed E-state index contributed by atoms with van der Waals surface area (Å²) in [6.45, 7) is 1.67. The first-order chi connectivity index (χ1) is 6.85. The van der Waals surface area contributed by atoms with E-state index in [1.807, 2.05) is 0 Å². The standard InChI is InChI=1S/C9H14N4O/c1-14-9-6-11-5-8(12-9)13-3-2-7(13)4-10/h5-7H,2-4,10H2,1H3. The van der Waals surface area contributed by atoms with E-state index in [-0.39, 0.29) is 0 Å². The molecule has 1 aliphatic heterocycles. The van der Waals surface area contributed by atoms with Crippen molar-refractivity contribution in [2.24, 2.45) is 5.73 Å². The number of hydrogen-bond donors (Lipinski definition) is 1. The van der Waals surface area contributed by atoms with Gasteiger partial charge in [0.1, 0.15) is 0 Å². The molecule has 1 aliphatic rings. The molecule has 0 aliphatic carbocycles. The van der Waals surface area contributed by atoms with E-state index < -0.39 is 0 Å². The van der Waals surface area contributed by atoms with Crippen LogP contribution in [0.25, 0.3) is 0 Å². The van der Waals surface area contributed by atoms with Crippen molar-refractivity contribution < 1.29 is 4.74 Å². The lowest BCUT2D eigenvalue weighted by Gasteiger charge is -2.41. The molecule has 0 bridgehead atoms. The molecule has 14 heavy (non-hydrogen) atoms. The van der Waals surface area contributed by atoms with Gasteiger partial charge in [-0.1, -0.05) is 0 Å². The topological polar surface area (TPSA) is 64.3 Å². The summed E-state index contributed by atoms with van der Waals surface area (Å²) in [6.07, 6.45) is 4.47. The number of methoxy groups -OCH3 is 1. The Labute approximate surface area is 82.9 Å². The molecule has 0 aromatic carbocycles. The zero-order valence-electron chi connectivity index (χ0n) is 8.18. The van der Waals surface area contributed by atoms with Crippen molar-refractivity contribution in [2.45, 2.75) is 12.5 Å². The monoisotopic (exact) mass is 194 g/mol. The van der Waals surface area contributed by atoms with Crippen LogP contribution in [0.5, 0.6) is 5.88 Å². The lowest BCUT2D eigenvalue weighted by molar-refractivity contribution is 0.391. The van der Waals surface area contributed by atoms with E-state index in [9.17, 15) is 0 Å². The molecular weight excluding hydrogens is 180 g/mol. The number of nitrogens with two attached hydrogens (primary N) is 1. The molecule has 2 rings (SSSR count). The van der Waals surface area contributed by atoms with E-state index in [0.29, 0.717) is 18.5 Å². The fraction of sp³-hybridized carbons (Fsp3) is 0.556. The van der Waals surface area contributed by atoms with Gasteiger partial charge in [0, 0.05) is 19.1 Å². The molecule has 5 nitrogen and oxygen atoms in total. The maximum Gasteiger partial charge on any atom is 0.233 e. The molecular formula is C9H14N4O. The Kier molecular flexibility index (Phi) is 2.49. The van der Waals surface area contributed by atoms with Crippen molar-refractivity contribution in [3.8, 4) is 5.88 Å². The van der Waals surface area contributed by atoms with Crippen LogP contribution in [0.15, 0.2) is 12.4 Å². The number of anilines is 1. The summed E-state index contributed by atoms with van der Waals surface area (Å²) in [4.78, 5) is 10.5. The summed E-state index contributed by atoms with van der Waals surface area (Å²) in [6, 6.07) is 0.413. The Balaban J connectivity index is 2.15. The van der Waals surface area contributed by atoms with Gasteiger partial charge < -0.3 is 15.4 Å². The highest BCUT2D eigenvalue weighted by molar-refractivity contribution is 5.42. The average Bonchev–Trinajstić information content (AvgIpc) is 2.17. The predicted octanol–water partition coefficient (Wildman–Crippen LogP) is 0.0226. The zero-order chi connectivity index (χ0) is 9.97. The average molecular weight is 194 g/mol. The van der Waals surface area contributed by atoms with Crippen molar-refractivity contribution in [3.05, 3.63) is 12.4 Å². The van der Waals surface area contributed by atoms with Gasteiger partial charge in [-0.2, -0.15) is 4.98 Å². The lowest BCUT2D eigenvalue weighted by atomic mass is 10.0.